The van der Waals surface area contributed by atoms with E-state index < -0.39 is 17.3 Å². The topological polar surface area (TPSA) is 71.5 Å². The molecule has 1 aromatic carbocycles. The Labute approximate surface area is 152 Å². The van der Waals surface area contributed by atoms with Crippen LogP contribution in [0.2, 0.25) is 0 Å². The monoisotopic (exact) mass is 358 g/mol. The van der Waals surface area contributed by atoms with E-state index in [1.54, 1.807) is 19.2 Å². The van der Waals surface area contributed by atoms with Gasteiger partial charge >= 0.3 is 0 Å². The molecule has 26 heavy (non-hydrogen) atoms. The largest absolute Gasteiger partial charge is 0.481 e. The zero-order chi connectivity index (χ0) is 18.7. The van der Waals surface area contributed by atoms with E-state index in [0.29, 0.717) is 11.8 Å². The Morgan fingerprint density at radius 1 is 1.42 bits per heavy atom. The number of ether oxygens (including phenoxy) is 1. The normalized spacial score (nSPS) is 16.0. The summed E-state index contributed by atoms with van der Waals surface area (Å²) >= 11 is 0. The molecule has 1 amide bonds. The smallest absolute Gasteiger partial charge is 0.256 e. The van der Waals surface area contributed by atoms with Crippen molar-refractivity contribution in [1.82, 2.24) is 10.3 Å². The molecule has 1 atom stereocenters. The SMILES string of the molecule is CC[C@](O)(C(=O)NCc1cc(C2CC2)cnc1OC)c1cccc(F)c1. The molecule has 0 aliphatic heterocycles. The van der Waals surface area contributed by atoms with Crippen LogP contribution in [-0.4, -0.2) is 23.1 Å². The Morgan fingerprint density at radius 2 is 2.19 bits per heavy atom. The zero-order valence-corrected chi connectivity index (χ0v) is 15.0. The highest BCUT2D eigenvalue weighted by molar-refractivity contribution is 5.86. The minimum absolute atomic E-state index is 0.125. The summed E-state index contributed by atoms with van der Waals surface area (Å²) in [6.45, 7) is 1.85. The fourth-order valence-electron chi connectivity index (χ4n) is 3.03. The first-order valence-electron chi connectivity index (χ1n) is 8.77. The van der Waals surface area contributed by atoms with E-state index in [1.807, 2.05) is 6.07 Å². The standard InChI is InChI=1S/C20H23FN2O3/c1-3-20(25,16-5-4-6-17(21)10-16)19(24)23-12-15-9-14(13-7-8-13)11-22-18(15)26-2/h4-6,9-11,13,25H,3,7-8,12H2,1-2H3,(H,23,24)/t20-/m1/s1. The fraction of sp³-hybridized carbons (Fsp3) is 0.400. The number of methoxy groups -OCH3 is 1. The van der Waals surface area contributed by atoms with Crippen molar-refractivity contribution in [2.75, 3.05) is 7.11 Å². The van der Waals surface area contributed by atoms with E-state index in [0.717, 1.165) is 24.0 Å². The van der Waals surface area contributed by atoms with Crippen molar-refractivity contribution in [2.45, 2.75) is 44.2 Å². The van der Waals surface area contributed by atoms with E-state index in [-0.39, 0.29) is 18.5 Å². The summed E-state index contributed by atoms with van der Waals surface area (Å²) in [5.41, 5.74) is 0.319. The number of aromatic nitrogens is 1. The first-order chi connectivity index (χ1) is 12.5. The molecular weight excluding hydrogens is 335 g/mol. The molecule has 1 aliphatic rings. The van der Waals surface area contributed by atoms with Gasteiger partial charge < -0.3 is 15.2 Å². The van der Waals surface area contributed by atoms with Gasteiger partial charge in [-0.05, 0) is 54.5 Å². The highest BCUT2D eigenvalue weighted by Gasteiger charge is 2.36. The number of pyridine rings is 1. The van der Waals surface area contributed by atoms with Gasteiger partial charge in [0.05, 0.1) is 7.11 Å². The van der Waals surface area contributed by atoms with Crippen molar-refractivity contribution in [3.63, 3.8) is 0 Å². The molecule has 1 fully saturated rings. The molecule has 3 rings (SSSR count). The van der Waals surface area contributed by atoms with Crippen LogP contribution >= 0.6 is 0 Å². The van der Waals surface area contributed by atoms with E-state index in [2.05, 4.69) is 10.3 Å². The van der Waals surface area contributed by atoms with Crippen molar-refractivity contribution in [1.29, 1.82) is 0 Å². The number of halogens is 1. The van der Waals surface area contributed by atoms with Gasteiger partial charge in [-0.15, -0.1) is 0 Å². The predicted octanol–water partition coefficient (Wildman–Crippen LogP) is 3.02. The van der Waals surface area contributed by atoms with Crippen molar-refractivity contribution in [3.8, 4) is 5.88 Å². The average Bonchev–Trinajstić information content (AvgIpc) is 3.50. The van der Waals surface area contributed by atoms with Gasteiger partial charge in [-0.3, -0.25) is 4.79 Å². The maximum Gasteiger partial charge on any atom is 0.256 e. The lowest BCUT2D eigenvalue weighted by Crippen LogP contribution is -2.43. The number of nitrogens with zero attached hydrogens (tertiary/aromatic N) is 1. The lowest BCUT2D eigenvalue weighted by molar-refractivity contribution is -0.141. The Kier molecular flexibility index (Phi) is 5.23. The summed E-state index contributed by atoms with van der Waals surface area (Å²) in [4.78, 5) is 17.0. The average molecular weight is 358 g/mol. The third-order valence-corrected chi connectivity index (χ3v) is 4.82. The summed E-state index contributed by atoms with van der Waals surface area (Å²) in [7, 11) is 1.53. The molecule has 2 aromatic rings. The summed E-state index contributed by atoms with van der Waals surface area (Å²) in [5.74, 6) is -0.0992. The highest BCUT2D eigenvalue weighted by atomic mass is 19.1. The fourth-order valence-corrected chi connectivity index (χ4v) is 3.03. The van der Waals surface area contributed by atoms with Crippen LogP contribution in [-0.2, 0) is 16.9 Å². The quantitative estimate of drug-likeness (QED) is 0.798. The summed E-state index contributed by atoms with van der Waals surface area (Å²) in [6.07, 6.45) is 4.22. The summed E-state index contributed by atoms with van der Waals surface area (Å²) in [5, 5.41) is 13.6. The number of aliphatic hydroxyl groups is 1. The van der Waals surface area contributed by atoms with Gasteiger partial charge in [-0.1, -0.05) is 19.1 Å². The molecule has 0 bridgehead atoms. The first kappa shape index (κ1) is 18.3. The second-order valence-corrected chi connectivity index (χ2v) is 6.62. The van der Waals surface area contributed by atoms with Crippen LogP contribution < -0.4 is 10.1 Å². The second kappa shape index (κ2) is 7.41. The molecule has 0 saturated heterocycles. The van der Waals surface area contributed by atoms with Crippen molar-refractivity contribution in [2.24, 2.45) is 0 Å². The van der Waals surface area contributed by atoms with E-state index in [9.17, 15) is 14.3 Å². The molecule has 2 N–H and O–H groups in total. The third kappa shape index (κ3) is 3.70. The van der Waals surface area contributed by atoms with Crippen molar-refractivity contribution < 1.29 is 19.0 Å². The number of hydrogen-bond acceptors (Lipinski definition) is 4. The van der Waals surface area contributed by atoms with Crippen LogP contribution in [0.15, 0.2) is 36.5 Å². The molecule has 0 spiro atoms. The molecule has 0 unspecified atom stereocenters. The highest BCUT2D eigenvalue weighted by Crippen LogP contribution is 2.40. The number of nitrogens with one attached hydrogen (secondary N) is 1. The van der Waals surface area contributed by atoms with Crippen LogP contribution in [0, 0.1) is 5.82 Å². The third-order valence-electron chi connectivity index (χ3n) is 4.82. The van der Waals surface area contributed by atoms with Crippen LogP contribution in [0.25, 0.3) is 0 Å². The van der Waals surface area contributed by atoms with Gasteiger partial charge in [-0.2, -0.15) is 0 Å². The lowest BCUT2D eigenvalue weighted by atomic mass is 9.90. The Balaban J connectivity index is 1.78. The van der Waals surface area contributed by atoms with Crippen molar-refractivity contribution in [3.05, 3.63) is 59.0 Å². The van der Waals surface area contributed by atoms with Crippen LogP contribution in [0.5, 0.6) is 5.88 Å². The molecule has 1 aromatic heterocycles. The van der Waals surface area contributed by atoms with Gasteiger partial charge in [0, 0.05) is 18.3 Å². The van der Waals surface area contributed by atoms with E-state index in [1.165, 1.54) is 25.3 Å². The Bertz CT molecular complexity index is 807. The molecule has 5 nitrogen and oxygen atoms in total. The van der Waals surface area contributed by atoms with Gasteiger partial charge in [0.2, 0.25) is 5.88 Å². The van der Waals surface area contributed by atoms with E-state index >= 15 is 0 Å². The number of carbonyl (C=O) groups is 1. The van der Waals surface area contributed by atoms with Gasteiger partial charge in [0.1, 0.15) is 5.82 Å². The molecule has 6 heteroatoms. The molecule has 0 radical (unpaired) electrons. The maximum absolute atomic E-state index is 13.5. The summed E-state index contributed by atoms with van der Waals surface area (Å²) < 4.78 is 18.8. The molecule has 1 saturated carbocycles. The second-order valence-electron chi connectivity index (χ2n) is 6.62. The Hall–Kier alpha value is -2.47. The van der Waals surface area contributed by atoms with Crippen molar-refractivity contribution >= 4 is 5.91 Å². The molecule has 138 valence electrons. The lowest BCUT2D eigenvalue weighted by Gasteiger charge is -2.26. The number of benzene rings is 1. The molecular formula is C20H23FN2O3. The van der Waals surface area contributed by atoms with Crippen LogP contribution in [0.1, 0.15) is 48.8 Å². The van der Waals surface area contributed by atoms with Gasteiger partial charge in [0.15, 0.2) is 5.60 Å². The first-order valence-corrected chi connectivity index (χ1v) is 8.77. The van der Waals surface area contributed by atoms with Gasteiger partial charge in [0.25, 0.3) is 5.91 Å². The number of hydrogen-bond donors (Lipinski definition) is 2. The van der Waals surface area contributed by atoms with E-state index in [4.69, 9.17) is 4.74 Å². The Morgan fingerprint density at radius 3 is 2.81 bits per heavy atom. The maximum atomic E-state index is 13.5. The minimum atomic E-state index is -1.79. The van der Waals surface area contributed by atoms with Gasteiger partial charge in [-0.25, -0.2) is 9.37 Å². The van der Waals surface area contributed by atoms with Crippen LogP contribution in [0.3, 0.4) is 0 Å². The number of carbonyl (C=O) groups excluding carboxylic acids is 1. The number of rotatable bonds is 7. The predicted molar refractivity (Wildman–Crippen MR) is 95.2 cm³/mol. The number of amides is 1. The molecule has 1 heterocycles. The minimum Gasteiger partial charge on any atom is -0.481 e. The summed E-state index contributed by atoms with van der Waals surface area (Å²) in [6, 6.07) is 7.46. The van der Waals surface area contributed by atoms with Crippen LogP contribution in [0.4, 0.5) is 4.39 Å². The molecule has 1 aliphatic carbocycles. The zero-order valence-electron chi connectivity index (χ0n) is 15.0.